The van der Waals surface area contributed by atoms with Crippen molar-refractivity contribution in [1.82, 2.24) is 10.4 Å². The van der Waals surface area contributed by atoms with Crippen LogP contribution in [0, 0.1) is 0 Å². The molecule has 1 amide bonds. The molecule has 0 radical (unpaired) electrons. The Balaban J connectivity index is 0. The molecule has 0 aromatic carbocycles. The molecular formula is C14H25N3OS. The van der Waals surface area contributed by atoms with E-state index in [2.05, 4.69) is 10.4 Å². The normalized spacial score (nSPS) is 10.2. The van der Waals surface area contributed by atoms with E-state index in [-0.39, 0.29) is 5.91 Å². The number of carbonyl (C=O) groups excluding carboxylic acids is 1. The molecule has 0 saturated heterocycles. The number of nitrogens with zero attached hydrogens (tertiary/aromatic N) is 1. The predicted octanol–water partition coefficient (Wildman–Crippen LogP) is 3.78. The van der Waals surface area contributed by atoms with Crippen LogP contribution in [0.2, 0.25) is 0 Å². The van der Waals surface area contributed by atoms with Crippen molar-refractivity contribution in [1.29, 1.82) is 0 Å². The van der Waals surface area contributed by atoms with Gasteiger partial charge in [0.15, 0.2) is 0 Å². The zero-order chi connectivity index (χ0) is 15.3. The third kappa shape index (κ3) is 6.88. The molecule has 0 bridgehead atoms. The number of nitrogen functional groups attached to an aromatic ring is 1. The molecule has 1 aromatic rings. The lowest BCUT2D eigenvalue weighted by atomic mass is 10.2. The number of carbonyl (C=O) groups is 1. The number of nitrogens with one attached hydrogen (secondary N) is 1. The third-order valence-electron chi connectivity index (χ3n) is 1.77. The van der Waals surface area contributed by atoms with Gasteiger partial charge in [-0.15, -0.1) is 11.3 Å². The highest BCUT2D eigenvalue weighted by Gasteiger charge is 2.09. The SMILES string of the molecule is C/C=C\C(=C/C)c1nc(C(=O)NN)cs1.CC.CC. The predicted molar refractivity (Wildman–Crippen MR) is 84.9 cm³/mol. The summed E-state index contributed by atoms with van der Waals surface area (Å²) in [4.78, 5) is 15.3. The lowest BCUT2D eigenvalue weighted by molar-refractivity contribution is 0.0949. The van der Waals surface area contributed by atoms with Gasteiger partial charge in [-0.2, -0.15) is 0 Å². The van der Waals surface area contributed by atoms with Crippen molar-refractivity contribution < 1.29 is 4.79 Å². The molecule has 0 aliphatic rings. The molecule has 19 heavy (non-hydrogen) atoms. The van der Waals surface area contributed by atoms with Gasteiger partial charge in [0.05, 0.1) is 0 Å². The average Bonchev–Trinajstić information content (AvgIpc) is 2.97. The summed E-state index contributed by atoms with van der Waals surface area (Å²) in [6.45, 7) is 11.9. The second-order valence-electron chi connectivity index (χ2n) is 2.76. The van der Waals surface area contributed by atoms with E-state index in [1.165, 1.54) is 11.3 Å². The zero-order valence-electron chi connectivity index (χ0n) is 12.7. The fourth-order valence-electron chi connectivity index (χ4n) is 1.06. The largest absolute Gasteiger partial charge is 0.289 e. The number of aromatic nitrogens is 1. The molecule has 1 aromatic heterocycles. The highest BCUT2D eigenvalue weighted by atomic mass is 32.1. The standard InChI is InChI=1S/C10H13N3OS.2C2H6/c1-3-5-7(4-2)10-12-8(6-15-10)9(14)13-11;2*1-2/h3-6H,11H2,1-2H3,(H,13,14);2*1-2H3/b5-3-,7-4+;;. The molecule has 0 fully saturated rings. The molecule has 5 heteroatoms. The van der Waals surface area contributed by atoms with Gasteiger partial charge in [0, 0.05) is 11.0 Å². The molecule has 1 rings (SSSR count). The Morgan fingerprint density at radius 2 is 1.89 bits per heavy atom. The first-order chi connectivity index (χ1) is 9.22. The van der Waals surface area contributed by atoms with Crippen molar-refractivity contribution in [2.75, 3.05) is 0 Å². The molecule has 0 aliphatic heterocycles. The first-order valence-corrected chi connectivity index (χ1v) is 7.36. The first kappa shape index (κ1) is 19.9. The van der Waals surface area contributed by atoms with Crippen LogP contribution in [0.15, 0.2) is 23.6 Å². The summed E-state index contributed by atoms with van der Waals surface area (Å²) >= 11 is 1.42. The molecule has 0 atom stereocenters. The molecule has 108 valence electrons. The quantitative estimate of drug-likeness (QED) is 0.384. The maximum Gasteiger partial charge on any atom is 0.284 e. The fraction of sp³-hybridized carbons (Fsp3) is 0.429. The van der Waals surface area contributed by atoms with Crippen molar-refractivity contribution in [3.8, 4) is 0 Å². The van der Waals surface area contributed by atoms with Gasteiger partial charge >= 0.3 is 0 Å². The van der Waals surface area contributed by atoms with E-state index in [4.69, 9.17) is 5.84 Å². The topological polar surface area (TPSA) is 68.0 Å². The monoisotopic (exact) mass is 283 g/mol. The minimum absolute atomic E-state index is 0.348. The van der Waals surface area contributed by atoms with Crippen molar-refractivity contribution in [2.45, 2.75) is 41.5 Å². The van der Waals surface area contributed by atoms with Crippen LogP contribution in [-0.4, -0.2) is 10.9 Å². The average molecular weight is 283 g/mol. The van der Waals surface area contributed by atoms with E-state index in [0.29, 0.717) is 5.69 Å². The van der Waals surface area contributed by atoms with Gasteiger partial charge in [0.2, 0.25) is 0 Å². The maximum atomic E-state index is 11.2. The molecule has 0 aliphatic carbocycles. The summed E-state index contributed by atoms with van der Waals surface area (Å²) in [5, 5.41) is 2.50. The van der Waals surface area contributed by atoms with Crippen LogP contribution >= 0.6 is 11.3 Å². The van der Waals surface area contributed by atoms with Crippen molar-refractivity contribution >= 4 is 22.8 Å². The van der Waals surface area contributed by atoms with Crippen molar-refractivity contribution in [3.05, 3.63) is 34.3 Å². The van der Waals surface area contributed by atoms with Crippen LogP contribution in [0.1, 0.15) is 57.0 Å². The number of hydrogen-bond acceptors (Lipinski definition) is 4. The van der Waals surface area contributed by atoms with Crippen molar-refractivity contribution in [2.24, 2.45) is 5.84 Å². The molecule has 1 heterocycles. The van der Waals surface area contributed by atoms with E-state index < -0.39 is 0 Å². The van der Waals surface area contributed by atoms with Crippen LogP contribution < -0.4 is 11.3 Å². The number of nitrogens with two attached hydrogens (primary N) is 1. The number of thiazole rings is 1. The van der Waals surface area contributed by atoms with Gasteiger partial charge in [-0.25, -0.2) is 10.8 Å². The molecule has 0 unspecified atom stereocenters. The number of hydrogen-bond donors (Lipinski definition) is 2. The molecule has 4 nitrogen and oxygen atoms in total. The minimum atomic E-state index is -0.367. The Morgan fingerprint density at radius 3 is 2.32 bits per heavy atom. The van der Waals surface area contributed by atoms with Gasteiger partial charge in [0.25, 0.3) is 5.91 Å². The van der Waals surface area contributed by atoms with Crippen LogP contribution in [0.25, 0.3) is 5.57 Å². The highest BCUT2D eigenvalue weighted by molar-refractivity contribution is 7.11. The Morgan fingerprint density at radius 1 is 1.32 bits per heavy atom. The first-order valence-electron chi connectivity index (χ1n) is 6.48. The van der Waals surface area contributed by atoms with E-state index in [0.717, 1.165) is 10.6 Å². The van der Waals surface area contributed by atoms with Gasteiger partial charge in [-0.05, 0) is 13.8 Å². The van der Waals surface area contributed by atoms with Crippen LogP contribution in [-0.2, 0) is 0 Å². The highest BCUT2D eigenvalue weighted by Crippen LogP contribution is 2.20. The van der Waals surface area contributed by atoms with Gasteiger partial charge in [-0.3, -0.25) is 10.2 Å². The van der Waals surface area contributed by atoms with E-state index in [1.807, 2.05) is 59.8 Å². The van der Waals surface area contributed by atoms with Gasteiger partial charge < -0.3 is 0 Å². The summed E-state index contributed by atoms with van der Waals surface area (Å²) < 4.78 is 0. The number of rotatable bonds is 3. The third-order valence-corrected chi connectivity index (χ3v) is 2.66. The van der Waals surface area contributed by atoms with E-state index in [1.54, 1.807) is 5.38 Å². The summed E-state index contributed by atoms with van der Waals surface area (Å²) in [5.41, 5.74) is 3.40. The maximum absolute atomic E-state index is 11.2. The minimum Gasteiger partial charge on any atom is -0.289 e. The second kappa shape index (κ2) is 13.0. The lowest BCUT2D eigenvalue weighted by Gasteiger charge is -1.95. The van der Waals surface area contributed by atoms with Gasteiger partial charge in [-0.1, -0.05) is 45.9 Å². The number of amides is 1. The summed E-state index contributed by atoms with van der Waals surface area (Å²) in [6, 6.07) is 0. The summed E-state index contributed by atoms with van der Waals surface area (Å²) in [5.74, 6) is 4.65. The fourth-order valence-corrected chi connectivity index (χ4v) is 1.91. The van der Waals surface area contributed by atoms with E-state index >= 15 is 0 Å². The van der Waals surface area contributed by atoms with Crippen LogP contribution in [0.3, 0.4) is 0 Å². The summed E-state index contributed by atoms with van der Waals surface area (Å²) in [6.07, 6.45) is 5.82. The Hall–Kier alpha value is -1.46. The van der Waals surface area contributed by atoms with Crippen LogP contribution in [0.5, 0.6) is 0 Å². The summed E-state index contributed by atoms with van der Waals surface area (Å²) in [7, 11) is 0. The van der Waals surface area contributed by atoms with Gasteiger partial charge in [0.1, 0.15) is 10.7 Å². The molecule has 0 saturated carbocycles. The van der Waals surface area contributed by atoms with Crippen molar-refractivity contribution in [3.63, 3.8) is 0 Å². The lowest BCUT2D eigenvalue weighted by Crippen LogP contribution is -2.30. The second-order valence-corrected chi connectivity index (χ2v) is 3.61. The van der Waals surface area contributed by atoms with Crippen LogP contribution in [0.4, 0.5) is 0 Å². The number of hydrazine groups is 1. The molecule has 0 spiro atoms. The molecular weight excluding hydrogens is 258 g/mol. The Kier molecular flexibility index (Phi) is 13.6. The zero-order valence-corrected chi connectivity index (χ0v) is 13.5. The van der Waals surface area contributed by atoms with E-state index in [9.17, 15) is 4.79 Å². The Bertz CT molecular complexity index is 409. The smallest absolute Gasteiger partial charge is 0.284 e. The molecule has 3 N–H and O–H groups in total. The number of allylic oxidation sites excluding steroid dienone is 4. The Labute approximate surface area is 120 Å².